The summed E-state index contributed by atoms with van der Waals surface area (Å²) in [6.45, 7) is 0. The van der Waals surface area contributed by atoms with Gasteiger partial charge in [0.1, 0.15) is 11.5 Å². The minimum Gasteiger partial charge on any atom is -0.507 e. The molecule has 0 aliphatic carbocycles. The molecule has 0 fully saturated rings. The van der Waals surface area contributed by atoms with Crippen LogP contribution in [0, 0.1) is 0 Å². The number of phenolic OH excluding ortho intramolecular Hbond substituents is 6. The second kappa shape index (κ2) is 7.61. The molecule has 0 amide bonds. The van der Waals surface area contributed by atoms with E-state index in [-0.39, 0.29) is 28.6 Å². The zero-order chi connectivity index (χ0) is 19.3. The van der Waals surface area contributed by atoms with E-state index in [1.165, 1.54) is 0 Å². The van der Waals surface area contributed by atoms with Gasteiger partial charge < -0.3 is 36.4 Å². The normalized spacial score (nSPS) is 12.1. The van der Waals surface area contributed by atoms with E-state index in [2.05, 4.69) is 20.7 Å². The first-order valence-corrected chi connectivity index (χ1v) is 6.93. The summed E-state index contributed by atoms with van der Waals surface area (Å²) in [6.07, 6.45) is 2.20. The van der Waals surface area contributed by atoms with Gasteiger partial charge in [0.15, 0.2) is 23.0 Å². The quantitative estimate of drug-likeness (QED) is 0.124. The van der Waals surface area contributed by atoms with E-state index in [9.17, 15) is 30.6 Å². The van der Waals surface area contributed by atoms with Crippen molar-refractivity contribution in [3.05, 3.63) is 35.4 Å². The van der Waals surface area contributed by atoms with Crippen LogP contribution in [0.2, 0.25) is 0 Å². The van der Waals surface area contributed by atoms with Crippen molar-refractivity contribution in [1.29, 1.82) is 0 Å². The maximum Gasteiger partial charge on any atom is 0.234 e. The first-order valence-electron chi connectivity index (χ1n) is 6.93. The molecule has 11 nitrogen and oxygen atoms in total. The van der Waals surface area contributed by atoms with E-state index < -0.39 is 23.0 Å². The van der Waals surface area contributed by atoms with Crippen LogP contribution in [0.1, 0.15) is 11.1 Å². The van der Waals surface area contributed by atoms with Crippen molar-refractivity contribution in [2.24, 2.45) is 21.0 Å². The number of phenols is 6. The Labute approximate surface area is 146 Å². The van der Waals surface area contributed by atoms with Crippen LogP contribution in [0.4, 0.5) is 0 Å². The highest BCUT2D eigenvalue weighted by atomic mass is 16.3. The molecule has 0 saturated heterocycles. The predicted octanol–water partition coefficient (Wildman–Crippen LogP) is 0.192. The number of rotatable bonds is 4. The van der Waals surface area contributed by atoms with E-state index in [0.717, 1.165) is 36.7 Å². The number of guanidine groups is 1. The second-order valence-electron chi connectivity index (χ2n) is 4.90. The zero-order valence-electron chi connectivity index (χ0n) is 13.1. The third-order valence-electron chi connectivity index (χ3n) is 2.99. The van der Waals surface area contributed by atoms with Crippen LogP contribution in [0.3, 0.4) is 0 Å². The van der Waals surface area contributed by atoms with Gasteiger partial charge >= 0.3 is 0 Å². The Hall–Kier alpha value is -4.15. The van der Waals surface area contributed by atoms with Crippen LogP contribution < -0.4 is 11.2 Å². The molecule has 9 N–H and O–H groups in total. The van der Waals surface area contributed by atoms with Gasteiger partial charge in [-0.2, -0.15) is 10.2 Å². The largest absolute Gasteiger partial charge is 0.507 e. The molecule has 0 unspecified atom stereocenters. The average molecular weight is 361 g/mol. The minimum atomic E-state index is -0.484. The van der Waals surface area contributed by atoms with Gasteiger partial charge in [-0.05, 0) is 12.1 Å². The van der Waals surface area contributed by atoms with Gasteiger partial charge in [-0.3, -0.25) is 0 Å². The maximum atomic E-state index is 9.58. The fourth-order valence-electron chi connectivity index (χ4n) is 1.71. The van der Waals surface area contributed by atoms with Crippen molar-refractivity contribution >= 4 is 18.4 Å². The first kappa shape index (κ1) is 18.2. The second-order valence-corrected chi connectivity index (χ2v) is 4.90. The summed E-state index contributed by atoms with van der Waals surface area (Å²) < 4.78 is 0. The lowest BCUT2D eigenvalue weighted by Crippen LogP contribution is -2.26. The minimum absolute atomic E-state index is 0.0878. The lowest BCUT2D eigenvalue weighted by atomic mass is 10.2. The van der Waals surface area contributed by atoms with Crippen LogP contribution in [0.15, 0.2) is 39.6 Å². The van der Waals surface area contributed by atoms with E-state index in [1.54, 1.807) is 0 Å². The molecule has 0 heterocycles. The highest BCUT2D eigenvalue weighted by Gasteiger charge is 2.06. The summed E-state index contributed by atoms with van der Waals surface area (Å²) in [4.78, 5) is 0. The molecular formula is C15H15N5O6. The molecule has 11 heteroatoms. The van der Waals surface area contributed by atoms with Crippen molar-refractivity contribution in [2.75, 3.05) is 0 Å². The summed E-state index contributed by atoms with van der Waals surface area (Å²) in [5.74, 6) is -2.74. The molecule has 0 spiro atoms. The number of nitrogens with zero attached hydrogens (tertiary/aromatic N) is 3. The van der Waals surface area contributed by atoms with Gasteiger partial charge in [-0.1, -0.05) is 0 Å². The van der Waals surface area contributed by atoms with Crippen molar-refractivity contribution < 1.29 is 30.6 Å². The van der Waals surface area contributed by atoms with Gasteiger partial charge in [-0.15, -0.1) is 5.10 Å². The smallest absolute Gasteiger partial charge is 0.234 e. The Morgan fingerprint density at radius 2 is 1.19 bits per heavy atom. The number of hydrazone groups is 1. The van der Waals surface area contributed by atoms with Crippen molar-refractivity contribution in [3.8, 4) is 34.5 Å². The molecule has 0 radical (unpaired) electrons. The molecular weight excluding hydrogens is 346 g/mol. The number of aromatic hydroxyl groups is 6. The Bertz CT molecular complexity index is 910. The molecule has 0 aliphatic rings. The number of nitrogens with two attached hydrogens (primary N) is 1. The van der Waals surface area contributed by atoms with Crippen molar-refractivity contribution in [3.63, 3.8) is 0 Å². The number of hydrogen-bond donors (Lipinski definition) is 8. The summed E-state index contributed by atoms with van der Waals surface area (Å²) in [5, 5.41) is 67.0. The highest BCUT2D eigenvalue weighted by molar-refractivity contribution is 5.87. The lowest BCUT2D eigenvalue weighted by molar-refractivity contribution is 0.396. The lowest BCUT2D eigenvalue weighted by Gasteiger charge is -2.02. The molecule has 0 aliphatic heterocycles. The monoisotopic (exact) mass is 361 g/mol. The maximum absolute atomic E-state index is 9.58. The van der Waals surface area contributed by atoms with Gasteiger partial charge in [-0.25, -0.2) is 5.43 Å². The van der Waals surface area contributed by atoms with Gasteiger partial charge in [0.25, 0.3) is 0 Å². The molecule has 136 valence electrons. The van der Waals surface area contributed by atoms with Crippen LogP contribution >= 0.6 is 0 Å². The van der Waals surface area contributed by atoms with Crippen LogP contribution in [0.25, 0.3) is 0 Å². The molecule has 0 aromatic heterocycles. The molecule has 0 atom stereocenters. The summed E-state index contributed by atoms with van der Waals surface area (Å²) >= 11 is 0. The summed E-state index contributed by atoms with van der Waals surface area (Å²) in [6, 6.07) is 4.04. The fraction of sp³-hybridized carbons (Fsp3) is 0. The molecule has 2 aromatic rings. The van der Waals surface area contributed by atoms with Gasteiger partial charge in [0.05, 0.1) is 12.4 Å². The van der Waals surface area contributed by atoms with Crippen molar-refractivity contribution in [1.82, 2.24) is 5.43 Å². The van der Waals surface area contributed by atoms with E-state index in [1.807, 2.05) is 0 Å². The van der Waals surface area contributed by atoms with Crippen LogP contribution in [-0.2, 0) is 0 Å². The van der Waals surface area contributed by atoms with Gasteiger partial charge in [0.2, 0.25) is 5.96 Å². The molecule has 0 bridgehead atoms. The topological polar surface area (TPSA) is 197 Å². The molecule has 26 heavy (non-hydrogen) atoms. The predicted molar refractivity (Wildman–Crippen MR) is 92.8 cm³/mol. The standard InChI is InChI=1S/C15H15N5O6/c16-15(19-17-5-7-1-11(23)13(25)3-9(7)21)20-18-6-8-2-12(24)14(26)4-10(8)22/h1-6,21-26H,(H3,16,19,20). The van der Waals surface area contributed by atoms with Crippen LogP contribution in [0.5, 0.6) is 34.5 Å². The highest BCUT2D eigenvalue weighted by Crippen LogP contribution is 2.31. The average Bonchev–Trinajstić information content (AvgIpc) is 2.57. The first-order chi connectivity index (χ1) is 12.3. The fourth-order valence-corrected chi connectivity index (χ4v) is 1.71. The third-order valence-corrected chi connectivity index (χ3v) is 2.99. The summed E-state index contributed by atoms with van der Waals surface area (Å²) in [5.41, 5.74) is 7.98. The third kappa shape index (κ3) is 4.44. The Morgan fingerprint density at radius 3 is 1.73 bits per heavy atom. The Morgan fingerprint density at radius 1 is 0.731 bits per heavy atom. The molecule has 2 rings (SSSR count). The molecule has 2 aromatic carbocycles. The van der Waals surface area contributed by atoms with E-state index in [4.69, 9.17) is 5.73 Å². The SMILES string of the molecule is N/C(=N\N=Cc1cc(O)c(O)cc1O)NN=Cc1cc(O)c(O)cc1O. The number of hydrogen-bond acceptors (Lipinski definition) is 9. The van der Waals surface area contributed by atoms with Crippen molar-refractivity contribution in [2.45, 2.75) is 0 Å². The number of benzene rings is 2. The molecule has 0 saturated carbocycles. The van der Waals surface area contributed by atoms with E-state index in [0.29, 0.717) is 0 Å². The Kier molecular flexibility index (Phi) is 5.33. The summed E-state index contributed by atoms with van der Waals surface area (Å²) in [7, 11) is 0. The number of nitrogens with one attached hydrogen (secondary N) is 1. The zero-order valence-corrected chi connectivity index (χ0v) is 13.1. The van der Waals surface area contributed by atoms with Gasteiger partial charge in [0, 0.05) is 23.3 Å². The van der Waals surface area contributed by atoms with E-state index >= 15 is 0 Å². The van der Waals surface area contributed by atoms with Crippen LogP contribution in [-0.4, -0.2) is 49.0 Å². The Balaban J connectivity index is 2.03.